The van der Waals surface area contributed by atoms with Crippen molar-refractivity contribution < 1.29 is 23.9 Å². The van der Waals surface area contributed by atoms with Crippen molar-refractivity contribution in [1.29, 1.82) is 0 Å². The van der Waals surface area contributed by atoms with Crippen LogP contribution >= 0.6 is 0 Å². The molecule has 0 aromatic carbocycles. The van der Waals surface area contributed by atoms with E-state index >= 15 is 0 Å². The van der Waals surface area contributed by atoms with E-state index in [-0.39, 0.29) is 12.4 Å². The number of ether oxygens (including phenoxy) is 1. The predicted octanol–water partition coefficient (Wildman–Crippen LogP) is 6.51. The molecule has 31 heavy (non-hydrogen) atoms. The number of esters is 1. The topological polar surface area (TPSA) is 63.6 Å². The van der Waals surface area contributed by atoms with Crippen LogP contribution in [-0.4, -0.2) is 55.3 Å². The smallest absolute Gasteiger partial charge is 0.307 e. The Balaban J connectivity index is 3.62. The van der Waals surface area contributed by atoms with Gasteiger partial charge in [0, 0.05) is 6.42 Å². The average molecular weight is 441 g/mol. The Morgan fingerprint density at radius 1 is 0.806 bits per heavy atom. The molecule has 0 amide bonds. The SMILES string of the molecule is CCCCCCCCC/C=C/CCCCCCCC(=O)OC(CC(=O)O)C[N+](C)(C)C. The Bertz CT molecular complexity index is 482. The van der Waals surface area contributed by atoms with E-state index in [1.807, 2.05) is 21.1 Å². The third-order valence-corrected chi connectivity index (χ3v) is 5.34. The standard InChI is InChI=1S/C26H49NO4/c1-5-6-7-8-9-10-11-12-13-14-15-16-17-18-19-20-21-26(30)31-24(22-25(28)29)23-27(2,3)4/h13-14,24H,5-12,15-23H2,1-4H3/p+1/b14-13+. The second kappa shape index (κ2) is 19.3. The minimum absolute atomic E-state index is 0.131. The molecule has 0 aliphatic carbocycles. The molecule has 0 aromatic rings. The van der Waals surface area contributed by atoms with Crippen molar-refractivity contribution >= 4 is 11.9 Å². The average Bonchev–Trinajstić information content (AvgIpc) is 2.65. The molecule has 0 bridgehead atoms. The third kappa shape index (κ3) is 23.1. The lowest BCUT2D eigenvalue weighted by Gasteiger charge is -2.28. The number of nitrogens with zero attached hydrogens (tertiary/aromatic N) is 1. The van der Waals surface area contributed by atoms with Gasteiger partial charge in [-0.15, -0.1) is 0 Å². The van der Waals surface area contributed by atoms with Crippen molar-refractivity contribution in [3.63, 3.8) is 0 Å². The van der Waals surface area contributed by atoms with Gasteiger partial charge in [-0.05, 0) is 32.1 Å². The van der Waals surface area contributed by atoms with E-state index < -0.39 is 12.1 Å². The maximum atomic E-state index is 12.0. The summed E-state index contributed by atoms with van der Waals surface area (Å²) in [6, 6.07) is 0. The van der Waals surface area contributed by atoms with Crippen molar-refractivity contribution in [2.75, 3.05) is 27.7 Å². The second-order valence-electron chi connectivity index (χ2n) is 9.87. The van der Waals surface area contributed by atoms with Crippen LogP contribution in [0.25, 0.3) is 0 Å². The molecule has 0 radical (unpaired) electrons. The quantitative estimate of drug-likeness (QED) is 0.0956. The summed E-state index contributed by atoms with van der Waals surface area (Å²) < 4.78 is 5.99. The molecule has 1 unspecified atom stereocenters. The van der Waals surface area contributed by atoms with E-state index in [1.54, 1.807) is 0 Å². The number of carboxylic acid groups (broad SMARTS) is 1. The second-order valence-corrected chi connectivity index (χ2v) is 9.87. The predicted molar refractivity (Wildman–Crippen MR) is 129 cm³/mol. The molecule has 0 saturated heterocycles. The number of hydrogen-bond acceptors (Lipinski definition) is 3. The molecule has 0 fully saturated rings. The van der Waals surface area contributed by atoms with Gasteiger partial charge in [-0.2, -0.15) is 0 Å². The zero-order chi connectivity index (χ0) is 23.4. The molecule has 0 aromatic heterocycles. The Morgan fingerprint density at radius 3 is 1.77 bits per heavy atom. The first kappa shape index (κ1) is 29.6. The first-order valence-electron chi connectivity index (χ1n) is 12.6. The maximum Gasteiger partial charge on any atom is 0.307 e. The highest BCUT2D eigenvalue weighted by atomic mass is 16.5. The summed E-state index contributed by atoms with van der Waals surface area (Å²) in [4.78, 5) is 23.0. The van der Waals surface area contributed by atoms with Gasteiger partial charge in [-0.3, -0.25) is 9.59 Å². The molecule has 0 heterocycles. The maximum absolute atomic E-state index is 12.0. The van der Waals surface area contributed by atoms with Crippen molar-refractivity contribution in [3.05, 3.63) is 12.2 Å². The Morgan fingerprint density at radius 2 is 1.29 bits per heavy atom. The number of carbonyl (C=O) groups is 2. The Labute approximate surface area is 191 Å². The van der Waals surface area contributed by atoms with E-state index in [9.17, 15) is 9.59 Å². The molecule has 0 aliphatic rings. The largest absolute Gasteiger partial charge is 0.481 e. The third-order valence-electron chi connectivity index (χ3n) is 5.34. The van der Waals surface area contributed by atoms with Gasteiger partial charge in [-0.1, -0.05) is 76.9 Å². The molecule has 0 spiro atoms. The summed E-state index contributed by atoms with van der Waals surface area (Å²) in [6.07, 6.45) is 21.7. The minimum atomic E-state index is -0.928. The van der Waals surface area contributed by atoms with Crippen LogP contribution in [0.4, 0.5) is 0 Å². The van der Waals surface area contributed by atoms with Crippen LogP contribution in [0.2, 0.25) is 0 Å². The number of likely N-dealkylation sites (N-methyl/N-ethyl adjacent to an activating group) is 1. The highest BCUT2D eigenvalue weighted by molar-refractivity contribution is 5.71. The summed E-state index contributed by atoms with van der Waals surface area (Å²) in [5.41, 5.74) is 0. The molecule has 5 heteroatoms. The van der Waals surface area contributed by atoms with E-state index in [1.165, 1.54) is 64.2 Å². The number of quaternary nitrogens is 1. The fourth-order valence-electron chi connectivity index (χ4n) is 3.71. The molecule has 182 valence electrons. The first-order valence-corrected chi connectivity index (χ1v) is 12.6. The Hall–Kier alpha value is -1.36. The number of allylic oxidation sites excluding steroid dienone is 2. The summed E-state index contributed by atoms with van der Waals surface area (Å²) in [6.45, 7) is 2.76. The van der Waals surface area contributed by atoms with Gasteiger partial charge in [0.15, 0.2) is 6.10 Å². The minimum Gasteiger partial charge on any atom is -0.481 e. The molecular formula is C26H50NO4+. The van der Waals surface area contributed by atoms with Crippen LogP contribution in [0.5, 0.6) is 0 Å². The van der Waals surface area contributed by atoms with Crippen LogP contribution in [0, 0.1) is 0 Å². The highest BCUT2D eigenvalue weighted by Gasteiger charge is 2.24. The number of aliphatic carboxylic acids is 1. The Kier molecular flexibility index (Phi) is 18.5. The zero-order valence-electron chi connectivity index (χ0n) is 20.9. The van der Waals surface area contributed by atoms with Gasteiger partial charge in [0.05, 0.1) is 27.6 Å². The molecule has 5 nitrogen and oxygen atoms in total. The van der Waals surface area contributed by atoms with Gasteiger partial charge in [0.1, 0.15) is 6.54 Å². The van der Waals surface area contributed by atoms with Crippen LogP contribution in [0.15, 0.2) is 12.2 Å². The summed E-state index contributed by atoms with van der Waals surface area (Å²) in [7, 11) is 5.90. The van der Waals surface area contributed by atoms with Crippen molar-refractivity contribution in [3.8, 4) is 0 Å². The first-order chi connectivity index (χ1) is 14.7. The van der Waals surface area contributed by atoms with Crippen molar-refractivity contribution in [2.24, 2.45) is 0 Å². The van der Waals surface area contributed by atoms with Gasteiger partial charge in [0.2, 0.25) is 0 Å². The number of rotatable bonds is 21. The lowest BCUT2D eigenvalue weighted by Crippen LogP contribution is -2.43. The molecule has 1 N–H and O–H groups in total. The molecule has 0 aliphatic heterocycles. The normalized spacial score (nSPS) is 12.9. The summed E-state index contributed by atoms with van der Waals surface area (Å²) in [5, 5.41) is 9.02. The number of carbonyl (C=O) groups excluding carboxylic acids is 1. The number of carboxylic acids is 1. The highest BCUT2D eigenvalue weighted by Crippen LogP contribution is 2.12. The van der Waals surface area contributed by atoms with Crippen LogP contribution < -0.4 is 0 Å². The fraction of sp³-hybridized carbons (Fsp3) is 0.846. The summed E-state index contributed by atoms with van der Waals surface area (Å²) >= 11 is 0. The van der Waals surface area contributed by atoms with Crippen LogP contribution in [-0.2, 0) is 14.3 Å². The van der Waals surface area contributed by atoms with Gasteiger partial charge >= 0.3 is 11.9 Å². The molecule has 0 saturated carbocycles. The summed E-state index contributed by atoms with van der Waals surface area (Å²) in [5.74, 6) is -1.20. The monoisotopic (exact) mass is 440 g/mol. The molecular weight excluding hydrogens is 390 g/mol. The van der Waals surface area contributed by atoms with E-state index in [0.29, 0.717) is 17.4 Å². The zero-order valence-corrected chi connectivity index (χ0v) is 20.9. The lowest BCUT2D eigenvalue weighted by molar-refractivity contribution is -0.873. The number of hydrogen-bond donors (Lipinski definition) is 1. The van der Waals surface area contributed by atoms with E-state index in [2.05, 4.69) is 19.1 Å². The van der Waals surface area contributed by atoms with Crippen LogP contribution in [0.3, 0.4) is 0 Å². The van der Waals surface area contributed by atoms with Gasteiger partial charge < -0.3 is 14.3 Å². The number of unbranched alkanes of at least 4 members (excludes halogenated alkanes) is 12. The van der Waals surface area contributed by atoms with Crippen molar-refractivity contribution in [2.45, 2.75) is 116 Å². The molecule has 1 atom stereocenters. The van der Waals surface area contributed by atoms with E-state index in [0.717, 1.165) is 25.7 Å². The fourth-order valence-corrected chi connectivity index (χ4v) is 3.71. The lowest BCUT2D eigenvalue weighted by atomic mass is 10.1. The van der Waals surface area contributed by atoms with Gasteiger partial charge in [-0.25, -0.2) is 0 Å². The molecule has 0 rings (SSSR count). The van der Waals surface area contributed by atoms with E-state index in [4.69, 9.17) is 9.84 Å². The van der Waals surface area contributed by atoms with Crippen LogP contribution in [0.1, 0.15) is 110 Å². The van der Waals surface area contributed by atoms with Crippen molar-refractivity contribution in [1.82, 2.24) is 0 Å². The van der Waals surface area contributed by atoms with Gasteiger partial charge in [0.25, 0.3) is 0 Å².